The lowest BCUT2D eigenvalue weighted by Crippen LogP contribution is -2.48. The van der Waals surface area contributed by atoms with Crippen LogP contribution in [-0.2, 0) is 11.3 Å². The largest absolute Gasteiger partial charge is 0.468 e. The van der Waals surface area contributed by atoms with Gasteiger partial charge in [0.15, 0.2) is 0 Å². The van der Waals surface area contributed by atoms with Gasteiger partial charge in [-0.05, 0) is 37.8 Å². The third-order valence-corrected chi connectivity index (χ3v) is 4.38. The van der Waals surface area contributed by atoms with Gasteiger partial charge in [0, 0.05) is 31.2 Å². The quantitative estimate of drug-likeness (QED) is 0.854. The maximum atomic E-state index is 6.05. The van der Waals surface area contributed by atoms with Crippen LogP contribution in [0.15, 0.2) is 22.8 Å². The minimum atomic E-state index is 0.146. The maximum absolute atomic E-state index is 6.05. The maximum Gasteiger partial charge on any atom is 0.117 e. The van der Waals surface area contributed by atoms with Crippen LogP contribution in [0.2, 0.25) is 0 Å². The molecule has 4 heteroatoms. The highest BCUT2D eigenvalue weighted by Crippen LogP contribution is 2.35. The first-order valence-corrected chi connectivity index (χ1v) is 7.36. The number of hydrogen-bond donors (Lipinski definition) is 1. The summed E-state index contributed by atoms with van der Waals surface area (Å²) in [4.78, 5) is 2.54. The van der Waals surface area contributed by atoms with E-state index < -0.39 is 0 Å². The molecule has 19 heavy (non-hydrogen) atoms. The number of hydrogen-bond acceptors (Lipinski definition) is 4. The molecule has 0 bridgehead atoms. The Kier molecular flexibility index (Phi) is 3.91. The Labute approximate surface area is 114 Å². The standard InChI is InChI=1S/C15H24N2O2/c16-10-15(6-2-7-18-12-15)11-17(13-4-5-13)9-14-3-1-8-19-14/h1,3,8,13H,2,4-7,9-12,16H2. The van der Waals surface area contributed by atoms with Gasteiger partial charge in [0.05, 0.1) is 19.4 Å². The average Bonchev–Trinajstić information content (AvgIpc) is 3.18. The number of rotatable bonds is 6. The zero-order valence-corrected chi connectivity index (χ0v) is 11.5. The normalized spacial score (nSPS) is 27.9. The summed E-state index contributed by atoms with van der Waals surface area (Å²) in [5, 5.41) is 0. The van der Waals surface area contributed by atoms with Gasteiger partial charge in [-0.2, -0.15) is 0 Å². The van der Waals surface area contributed by atoms with Crippen molar-refractivity contribution in [3.05, 3.63) is 24.2 Å². The van der Waals surface area contributed by atoms with E-state index in [1.807, 2.05) is 6.07 Å². The molecule has 1 atom stereocenters. The topological polar surface area (TPSA) is 51.6 Å². The van der Waals surface area contributed by atoms with Crippen molar-refractivity contribution in [2.75, 3.05) is 26.3 Å². The van der Waals surface area contributed by atoms with Gasteiger partial charge >= 0.3 is 0 Å². The van der Waals surface area contributed by atoms with Crippen molar-refractivity contribution in [2.45, 2.75) is 38.3 Å². The summed E-state index contributed by atoms with van der Waals surface area (Å²) in [5.74, 6) is 1.05. The van der Waals surface area contributed by atoms with E-state index >= 15 is 0 Å². The molecular weight excluding hydrogens is 240 g/mol. The molecule has 1 aromatic heterocycles. The lowest BCUT2D eigenvalue weighted by Gasteiger charge is -2.40. The van der Waals surface area contributed by atoms with Crippen LogP contribution in [0.3, 0.4) is 0 Å². The van der Waals surface area contributed by atoms with Crippen molar-refractivity contribution in [1.82, 2.24) is 4.90 Å². The fourth-order valence-electron chi connectivity index (χ4n) is 3.05. The van der Waals surface area contributed by atoms with Crippen molar-refractivity contribution in [3.63, 3.8) is 0 Å². The van der Waals surface area contributed by atoms with Gasteiger partial charge in [-0.15, -0.1) is 0 Å². The molecule has 3 rings (SSSR count). The summed E-state index contributed by atoms with van der Waals surface area (Å²) in [7, 11) is 0. The molecule has 1 aromatic rings. The van der Waals surface area contributed by atoms with Gasteiger partial charge in [0.1, 0.15) is 5.76 Å². The van der Waals surface area contributed by atoms with E-state index in [-0.39, 0.29) is 5.41 Å². The second-order valence-electron chi connectivity index (χ2n) is 6.08. The summed E-state index contributed by atoms with van der Waals surface area (Å²) in [6, 6.07) is 4.74. The molecule has 2 heterocycles. The van der Waals surface area contributed by atoms with E-state index in [0.717, 1.165) is 44.5 Å². The zero-order valence-electron chi connectivity index (χ0n) is 11.5. The van der Waals surface area contributed by atoms with E-state index in [4.69, 9.17) is 14.9 Å². The molecule has 1 aliphatic heterocycles. The van der Waals surface area contributed by atoms with Crippen molar-refractivity contribution in [2.24, 2.45) is 11.1 Å². The molecular formula is C15H24N2O2. The first-order valence-electron chi connectivity index (χ1n) is 7.36. The Balaban J connectivity index is 1.66. The third kappa shape index (κ3) is 3.19. The molecule has 1 unspecified atom stereocenters. The summed E-state index contributed by atoms with van der Waals surface area (Å²) in [5.41, 5.74) is 6.20. The van der Waals surface area contributed by atoms with Crippen LogP contribution in [0.5, 0.6) is 0 Å². The molecule has 2 fully saturated rings. The third-order valence-electron chi connectivity index (χ3n) is 4.38. The molecule has 0 spiro atoms. The van der Waals surface area contributed by atoms with Crippen LogP contribution in [0, 0.1) is 5.41 Å². The highest BCUT2D eigenvalue weighted by atomic mass is 16.5. The zero-order chi connectivity index (χ0) is 13.1. The Hall–Kier alpha value is -0.840. The second kappa shape index (κ2) is 5.65. The van der Waals surface area contributed by atoms with Gasteiger partial charge in [-0.25, -0.2) is 0 Å². The van der Waals surface area contributed by atoms with Crippen LogP contribution in [0.4, 0.5) is 0 Å². The Bertz CT molecular complexity index is 381. The minimum absolute atomic E-state index is 0.146. The van der Waals surface area contributed by atoms with Gasteiger partial charge in [0.25, 0.3) is 0 Å². The predicted molar refractivity (Wildman–Crippen MR) is 73.7 cm³/mol. The molecule has 106 valence electrons. The second-order valence-corrected chi connectivity index (χ2v) is 6.08. The van der Waals surface area contributed by atoms with E-state index in [0.29, 0.717) is 6.54 Å². The Morgan fingerprint density at radius 3 is 2.89 bits per heavy atom. The molecule has 0 radical (unpaired) electrons. The van der Waals surface area contributed by atoms with E-state index in [2.05, 4.69) is 11.0 Å². The van der Waals surface area contributed by atoms with Gasteiger partial charge < -0.3 is 14.9 Å². The Morgan fingerprint density at radius 1 is 1.42 bits per heavy atom. The summed E-state index contributed by atoms with van der Waals surface area (Å²) < 4.78 is 11.2. The monoisotopic (exact) mass is 264 g/mol. The summed E-state index contributed by atoms with van der Waals surface area (Å²) >= 11 is 0. The highest BCUT2D eigenvalue weighted by Gasteiger charge is 2.38. The van der Waals surface area contributed by atoms with Crippen LogP contribution in [0.25, 0.3) is 0 Å². The molecule has 0 amide bonds. The Morgan fingerprint density at radius 2 is 2.32 bits per heavy atom. The minimum Gasteiger partial charge on any atom is -0.468 e. The van der Waals surface area contributed by atoms with Crippen LogP contribution < -0.4 is 5.73 Å². The molecule has 1 aliphatic carbocycles. The first-order chi connectivity index (χ1) is 9.31. The lowest BCUT2D eigenvalue weighted by atomic mass is 9.82. The predicted octanol–water partition coefficient (Wildman–Crippen LogP) is 2.00. The lowest BCUT2D eigenvalue weighted by molar-refractivity contribution is -0.0255. The molecule has 0 aromatic carbocycles. The van der Waals surface area contributed by atoms with Crippen molar-refractivity contribution >= 4 is 0 Å². The van der Waals surface area contributed by atoms with E-state index in [1.165, 1.54) is 19.3 Å². The molecule has 2 N–H and O–H groups in total. The smallest absolute Gasteiger partial charge is 0.117 e. The number of ether oxygens (including phenoxy) is 1. The van der Waals surface area contributed by atoms with Crippen LogP contribution >= 0.6 is 0 Å². The van der Waals surface area contributed by atoms with Crippen molar-refractivity contribution in [3.8, 4) is 0 Å². The number of nitrogens with two attached hydrogens (primary N) is 1. The summed E-state index contributed by atoms with van der Waals surface area (Å²) in [6.07, 6.45) is 6.69. The molecule has 4 nitrogen and oxygen atoms in total. The van der Waals surface area contributed by atoms with Crippen LogP contribution in [-0.4, -0.2) is 37.2 Å². The van der Waals surface area contributed by atoms with Crippen LogP contribution in [0.1, 0.15) is 31.4 Å². The van der Waals surface area contributed by atoms with Gasteiger partial charge in [-0.3, -0.25) is 4.90 Å². The number of furan rings is 1. The fraction of sp³-hybridized carbons (Fsp3) is 0.733. The van der Waals surface area contributed by atoms with Crippen molar-refractivity contribution < 1.29 is 9.15 Å². The molecule has 1 saturated heterocycles. The molecule has 1 saturated carbocycles. The van der Waals surface area contributed by atoms with E-state index in [9.17, 15) is 0 Å². The van der Waals surface area contributed by atoms with E-state index in [1.54, 1.807) is 6.26 Å². The van der Waals surface area contributed by atoms with Gasteiger partial charge in [-0.1, -0.05) is 0 Å². The van der Waals surface area contributed by atoms with Gasteiger partial charge in [0.2, 0.25) is 0 Å². The molecule has 2 aliphatic rings. The number of nitrogens with zero attached hydrogens (tertiary/aromatic N) is 1. The SMILES string of the molecule is NCC1(CN(Cc2ccco2)C2CC2)CCCOC1. The highest BCUT2D eigenvalue weighted by molar-refractivity contribution is 5.01. The first kappa shape index (κ1) is 13.2. The fourth-order valence-corrected chi connectivity index (χ4v) is 3.05. The average molecular weight is 264 g/mol. The summed E-state index contributed by atoms with van der Waals surface area (Å²) in [6.45, 7) is 4.36. The van der Waals surface area contributed by atoms with Crippen molar-refractivity contribution in [1.29, 1.82) is 0 Å².